The van der Waals surface area contributed by atoms with E-state index >= 15 is 0 Å². The van der Waals surface area contributed by atoms with Gasteiger partial charge < -0.3 is 20.2 Å². The summed E-state index contributed by atoms with van der Waals surface area (Å²) in [5.74, 6) is 0.882. The number of carbonyl (C=O) groups is 2. The maximum atomic E-state index is 13.6. The second kappa shape index (κ2) is 9.74. The molecule has 1 spiro atoms. The van der Waals surface area contributed by atoms with E-state index in [4.69, 9.17) is 0 Å². The second-order valence-electron chi connectivity index (χ2n) is 11.9. The molecule has 3 saturated carbocycles. The van der Waals surface area contributed by atoms with Gasteiger partial charge in [-0.1, -0.05) is 36.8 Å². The van der Waals surface area contributed by atoms with Gasteiger partial charge in [-0.25, -0.2) is 4.79 Å². The van der Waals surface area contributed by atoms with Crippen molar-refractivity contribution >= 4 is 11.9 Å². The van der Waals surface area contributed by atoms with Crippen LogP contribution in [0.25, 0.3) is 0 Å². The van der Waals surface area contributed by atoms with Gasteiger partial charge in [-0.15, -0.1) is 0 Å². The summed E-state index contributed by atoms with van der Waals surface area (Å²) in [6.45, 7) is 2.20. The SMILES string of the molecule is CN(C)[C@]1(c2ccccc2)CC[C@]2(CC1)CN(CC(=O)NC[C@H]1C[C@H](O)C1)C(=O)N2CC1CCC1. The summed E-state index contributed by atoms with van der Waals surface area (Å²) in [6, 6.07) is 10.8. The van der Waals surface area contributed by atoms with Gasteiger partial charge in [0.05, 0.1) is 11.6 Å². The number of aliphatic hydroxyl groups is 1. The van der Waals surface area contributed by atoms with Crippen molar-refractivity contribution in [2.45, 2.75) is 75.0 Å². The molecule has 1 aliphatic heterocycles. The summed E-state index contributed by atoms with van der Waals surface area (Å²) in [7, 11) is 4.35. The van der Waals surface area contributed by atoms with Crippen LogP contribution in [-0.2, 0) is 10.3 Å². The summed E-state index contributed by atoms with van der Waals surface area (Å²) >= 11 is 0. The van der Waals surface area contributed by atoms with Gasteiger partial charge in [-0.3, -0.25) is 9.69 Å². The maximum absolute atomic E-state index is 13.6. The van der Waals surface area contributed by atoms with Gasteiger partial charge in [0.15, 0.2) is 0 Å². The highest BCUT2D eigenvalue weighted by Crippen LogP contribution is 2.49. The molecule has 3 aliphatic carbocycles. The monoisotopic (exact) mass is 482 g/mol. The van der Waals surface area contributed by atoms with E-state index < -0.39 is 0 Å². The Hall–Kier alpha value is -2.12. The van der Waals surface area contributed by atoms with Crippen LogP contribution in [0.5, 0.6) is 0 Å². The second-order valence-corrected chi connectivity index (χ2v) is 11.9. The van der Waals surface area contributed by atoms with E-state index in [9.17, 15) is 14.7 Å². The summed E-state index contributed by atoms with van der Waals surface area (Å²) in [5, 5.41) is 12.5. The Morgan fingerprint density at radius 3 is 2.34 bits per heavy atom. The molecule has 1 heterocycles. The van der Waals surface area contributed by atoms with Crippen LogP contribution >= 0.6 is 0 Å². The van der Waals surface area contributed by atoms with Gasteiger partial charge in [-0.2, -0.15) is 0 Å². The smallest absolute Gasteiger partial charge is 0.321 e. The zero-order valence-corrected chi connectivity index (χ0v) is 21.4. The van der Waals surface area contributed by atoms with Crippen molar-refractivity contribution < 1.29 is 14.7 Å². The van der Waals surface area contributed by atoms with Gasteiger partial charge >= 0.3 is 6.03 Å². The predicted molar refractivity (Wildman–Crippen MR) is 136 cm³/mol. The van der Waals surface area contributed by atoms with Gasteiger partial charge in [0, 0.05) is 25.2 Å². The molecule has 4 aliphatic rings. The predicted octanol–water partition coefficient (Wildman–Crippen LogP) is 3.18. The largest absolute Gasteiger partial charge is 0.393 e. The number of rotatable bonds is 8. The molecule has 5 rings (SSSR count). The minimum atomic E-state index is -0.214. The molecule has 35 heavy (non-hydrogen) atoms. The molecule has 7 heteroatoms. The fraction of sp³-hybridized carbons (Fsp3) is 0.714. The van der Waals surface area contributed by atoms with Gasteiger partial charge in [0.25, 0.3) is 0 Å². The van der Waals surface area contributed by atoms with Crippen LogP contribution in [0.4, 0.5) is 4.79 Å². The molecule has 0 unspecified atom stereocenters. The van der Waals surface area contributed by atoms with E-state index in [0.717, 1.165) is 45.1 Å². The number of carbonyl (C=O) groups excluding carboxylic acids is 2. The molecule has 7 nitrogen and oxygen atoms in total. The molecule has 0 atom stereocenters. The van der Waals surface area contributed by atoms with Crippen LogP contribution in [0.15, 0.2) is 30.3 Å². The Bertz CT molecular complexity index is 902. The van der Waals surface area contributed by atoms with Crippen LogP contribution in [-0.4, -0.2) is 83.7 Å². The average molecular weight is 483 g/mol. The molecule has 1 saturated heterocycles. The topological polar surface area (TPSA) is 76.1 Å². The van der Waals surface area contributed by atoms with Crippen molar-refractivity contribution in [1.29, 1.82) is 0 Å². The first kappa shape index (κ1) is 24.6. The number of benzene rings is 1. The van der Waals surface area contributed by atoms with Crippen molar-refractivity contribution in [2.75, 3.05) is 40.3 Å². The van der Waals surface area contributed by atoms with E-state index in [1.165, 1.54) is 24.8 Å². The zero-order valence-electron chi connectivity index (χ0n) is 21.4. The average Bonchev–Trinajstić information content (AvgIpc) is 3.04. The Labute approximate surface area is 209 Å². The standard InChI is InChI=1S/C28H42N4O3/c1-30(2)28(23-9-4-3-5-10-23)13-11-27(12-14-28)20-31(26(35)32(27)18-21-7-6-8-21)19-25(34)29-17-22-15-24(33)16-22/h3-5,9-10,21-22,24,33H,6-8,11-20H2,1-2H3,(H,29,34)/t22-,24-,27-,28+. The number of amides is 3. The minimum absolute atomic E-state index is 0.0180. The quantitative estimate of drug-likeness (QED) is 0.597. The first-order valence-corrected chi connectivity index (χ1v) is 13.6. The molecule has 0 radical (unpaired) electrons. The molecule has 4 fully saturated rings. The number of urea groups is 1. The van der Waals surface area contributed by atoms with Crippen molar-refractivity contribution in [2.24, 2.45) is 11.8 Å². The molecule has 192 valence electrons. The summed E-state index contributed by atoms with van der Waals surface area (Å²) < 4.78 is 0. The fourth-order valence-electron chi connectivity index (χ4n) is 6.86. The lowest BCUT2D eigenvalue weighted by Crippen LogP contribution is -2.56. The number of hydrogen-bond donors (Lipinski definition) is 2. The lowest BCUT2D eigenvalue weighted by atomic mass is 9.68. The summed E-state index contributed by atoms with van der Waals surface area (Å²) in [5.41, 5.74) is 1.15. The van der Waals surface area contributed by atoms with Gasteiger partial charge in [0.1, 0.15) is 6.54 Å². The Balaban J connectivity index is 1.29. The van der Waals surface area contributed by atoms with Crippen molar-refractivity contribution in [3.63, 3.8) is 0 Å². The van der Waals surface area contributed by atoms with Crippen LogP contribution in [0, 0.1) is 11.8 Å². The van der Waals surface area contributed by atoms with Gasteiger partial charge in [-0.05, 0) is 82.9 Å². The minimum Gasteiger partial charge on any atom is -0.393 e. The Morgan fingerprint density at radius 2 is 1.77 bits per heavy atom. The highest BCUT2D eigenvalue weighted by Gasteiger charge is 2.55. The number of aliphatic hydroxyl groups excluding tert-OH is 1. The number of hydrogen-bond acceptors (Lipinski definition) is 4. The Kier molecular flexibility index (Phi) is 6.83. The molecule has 0 aromatic heterocycles. The molecular weight excluding hydrogens is 440 g/mol. The molecule has 3 amide bonds. The molecule has 1 aromatic rings. The third kappa shape index (κ3) is 4.69. The lowest BCUT2D eigenvalue weighted by Gasteiger charge is -2.51. The first-order valence-electron chi connectivity index (χ1n) is 13.6. The highest BCUT2D eigenvalue weighted by atomic mass is 16.3. The molecule has 2 N–H and O–H groups in total. The van der Waals surface area contributed by atoms with Crippen molar-refractivity contribution in [3.8, 4) is 0 Å². The highest BCUT2D eigenvalue weighted by molar-refractivity contribution is 5.86. The van der Waals surface area contributed by atoms with Crippen molar-refractivity contribution in [1.82, 2.24) is 20.0 Å². The van der Waals surface area contributed by atoms with Crippen molar-refractivity contribution in [3.05, 3.63) is 35.9 Å². The van der Waals surface area contributed by atoms with E-state index in [0.29, 0.717) is 24.9 Å². The van der Waals surface area contributed by atoms with E-state index in [2.05, 4.69) is 59.5 Å². The summed E-state index contributed by atoms with van der Waals surface area (Å²) in [6.07, 6.45) is 8.90. The first-order chi connectivity index (χ1) is 16.8. The van der Waals surface area contributed by atoms with Gasteiger partial charge in [0.2, 0.25) is 5.91 Å². The van der Waals surface area contributed by atoms with Crippen LogP contribution in [0.3, 0.4) is 0 Å². The number of nitrogens with one attached hydrogen (secondary N) is 1. The third-order valence-corrected chi connectivity index (χ3v) is 9.53. The summed E-state index contributed by atoms with van der Waals surface area (Å²) in [4.78, 5) is 32.7. The maximum Gasteiger partial charge on any atom is 0.321 e. The molecular formula is C28H42N4O3. The lowest BCUT2D eigenvalue weighted by molar-refractivity contribution is -0.122. The third-order valence-electron chi connectivity index (χ3n) is 9.53. The number of nitrogens with zero attached hydrogens (tertiary/aromatic N) is 3. The molecule has 1 aromatic carbocycles. The normalized spacial score (nSPS) is 33.2. The van der Waals surface area contributed by atoms with Crippen LogP contribution in [0.2, 0.25) is 0 Å². The molecule has 0 bridgehead atoms. The van der Waals surface area contributed by atoms with Crippen LogP contribution in [0.1, 0.15) is 63.4 Å². The van der Waals surface area contributed by atoms with E-state index in [1.54, 1.807) is 4.90 Å². The van der Waals surface area contributed by atoms with E-state index in [1.807, 2.05) is 0 Å². The fourth-order valence-corrected chi connectivity index (χ4v) is 6.86. The Morgan fingerprint density at radius 1 is 1.09 bits per heavy atom. The van der Waals surface area contributed by atoms with E-state index in [-0.39, 0.29) is 35.7 Å². The zero-order chi connectivity index (χ0) is 24.6. The van der Waals surface area contributed by atoms with Crippen LogP contribution < -0.4 is 5.32 Å².